The molecule has 2 heterocycles. The Labute approximate surface area is 211 Å². The van der Waals surface area contributed by atoms with Gasteiger partial charge < -0.3 is 15.0 Å². The topological polar surface area (TPSA) is 71.5 Å². The van der Waals surface area contributed by atoms with Gasteiger partial charge in [0.15, 0.2) is 0 Å². The fourth-order valence-electron chi connectivity index (χ4n) is 5.51. The first-order valence-corrected chi connectivity index (χ1v) is 13.0. The second kappa shape index (κ2) is 9.41. The minimum absolute atomic E-state index is 0.0273. The normalized spacial score (nSPS) is 20.4. The summed E-state index contributed by atoms with van der Waals surface area (Å²) in [5.41, 5.74) is 5.78. The van der Waals surface area contributed by atoms with Crippen LogP contribution >= 0.6 is 0 Å². The predicted octanol–water partition coefficient (Wildman–Crippen LogP) is 4.86. The molecule has 3 aliphatic rings. The Morgan fingerprint density at radius 2 is 1.86 bits per heavy atom. The lowest BCUT2D eigenvalue weighted by Crippen LogP contribution is -2.46. The van der Waals surface area contributed by atoms with E-state index in [-0.39, 0.29) is 17.7 Å². The lowest BCUT2D eigenvalue weighted by atomic mass is 9.94. The van der Waals surface area contributed by atoms with Gasteiger partial charge in [-0.15, -0.1) is 0 Å². The first-order valence-electron chi connectivity index (χ1n) is 13.0. The zero-order valence-electron chi connectivity index (χ0n) is 20.6. The standard InChI is InChI=1S/C30H31N3O3/c1-36-23-13-8-19(9-14-23)17-20-10-15-25-27(24-6-2-3-7-26(24)32-28(20)25)30(35)33-16-4-5-21(18-33)29(34)31-22-11-12-22/h2-3,6-9,13-14,17,21-22H,4-5,10-12,15-16,18H2,1H3,(H,31,34)/b20-17-. The summed E-state index contributed by atoms with van der Waals surface area (Å²) in [5.74, 6) is 0.825. The summed E-state index contributed by atoms with van der Waals surface area (Å²) in [4.78, 5) is 33.7. The van der Waals surface area contributed by atoms with Gasteiger partial charge in [0.25, 0.3) is 5.91 Å². The Bertz CT molecular complexity index is 1360. The number of rotatable bonds is 5. The first-order chi connectivity index (χ1) is 17.6. The van der Waals surface area contributed by atoms with Crippen molar-refractivity contribution in [1.82, 2.24) is 15.2 Å². The second-order valence-electron chi connectivity index (χ2n) is 10.1. The van der Waals surface area contributed by atoms with Crippen LogP contribution in [0.15, 0.2) is 48.5 Å². The smallest absolute Gasteiger partial charge is 0.254 e. The molecule has 184 valence electrons. The molecule has 6 nitrogen and oxygen atoms in total. The molecule has 6 heteroatoms. The summed E-state index contributed by atoms with van der Waals surface area (Å²) < 4.78 is 5.29. The number of likely N-dealkylation sites (tertiary alicyclic amines) is 1. The van der Waals surface area contributed by atoms with Gasteiger partial charge in [0.1, 0.15) is 5.75 Å². The van der Waals surface area contributed by atoms with E-state index >= 15 is 0 Å². The van der Waals surface area contributed by atoms with Gasteiger partial charge in [-0.05, 0) is 79.5 Å². The molecule has 2 aromatic carbocycles. The Kier molecular flexibility index (Phi) is 5.96. The van der Waals surface area contributed by atoms with E-state index in [1.54, 1.807) is 7.11 Å². The van der Waals surface area contributed by atoms with Gasteiger partial charge in [-0.2, -0.15) is 0 Å². The molecule has 2 amide bonds. The Hall–Kier alpha value is -3.67. The first kappa shape index (κ1) is 22.8. The van der Waals surface area contributed by atoms with Crippen molar-refractivity contribution in [3.63, 3.8) is 0 Å². The van der Waals surface area contributed by atoms with Crippen molar-refractivity contribution in [2.45, 2.75) is 44.6 Å². The number of fused-ring (bicyclic) bond motifs is 2. The van der Waals surface area contributed by atoms with Crippen molar-refractivity contribution in [3.8, 4) is 5.75 Å². The maximum atomic E-state index is 14.0. The van der Waals surface area contributed by atoms with Crippen LogP contribution in [-0.2, 0) is 11.2 Å². The highest BCUT2D eigenvalue weighted by molar-refractivity contribution is 6.09. The average Bonchev–Trinajstić information content (AvgIpc) is 3.66. The number of pyridine rings is 1. The van der Waals surface area contributed by atoms with Crippen molar-refractivity contribution in [3.05, 3.63) is 70.9 Å². The van der Waals surface area contributed by atoms with Crippen LogP contribution in [0.3, 0.4) is 0 Å². The Morgan fingerprint density at radius 1 is 1.06 bits per heavy atom. The minimum atomic E-state index is -0.130. The molecule has 3 aromatic rings. The number of benzene rings is 2. The van der Waals surface area contributed by atoms with Crippen molar-refractivity contribution in [2.75, 3.05) is 20.2 Å². The summed E-state index contributed by atoms with van der Waals surface area (Å²) in [6.07, 6.45) is 7.63. The molecule has 2 aliphatic carbocycles. The van der Waals surface area contributed by atoms with Crippen LogP contribution in [0, 0.1) is 5.92 Å². The molecule has 1 unspecified atom stereocenters. The number of nitrogens with zero attached hydrogens (tertiary/aromatic N) is 2. The van der Waals surface area contributed by atoms with Gasteiger partial charge in [0.05, 0.1) is 29.8 Å². The van der Waals surface area contributed by atoms with Gasteiger partial charge in [-0.1, -0.05) is 30.3 Å². The lowest BCUT2D eigenvalue weighted by Gasteiger charge is -2.33. The molecule has 1 aliphatic heterocycles. The number of amides is 2. The number of ether oxygens (including phenoxy) is 1. The number of hydrogen-bond acceptors (Lipinski definition) is 4. The SMILES string of the molecule is COc1ccc(/C=C2/CCc3c2nc2ccccc2c3C(=O)N2CCCC(C(=O)NC3CC3)C2)cc1. The molecular weight excluding hydrogens is 450 g/mol. The summed E-state index contributed by atoms with van der Waals surface area (Å²) in [6.45, 7) is 1.17. The Balaban J connectivity index is 1.35. The maximum Gasteiger partial charge on any atom is 0.254 e. The van der Waals surface area contributed by atoms with E-state index in [9.17, 15) is 9.59 Å². The fourth-order valence-corrected chi connectivity index (χ4v) is 5.51. The van der Waals surface area contributed by atoms with Gasteiger partial charge in [-0.25, -0.2) is 4.98 Å². The number of hydrogen-bond donors (Lipinski definition) is 1. The van der Waals surface area contributed by atoms with E-state index in [0.29, 0.717) is 19.1 Å². The quantitative estimate of drug-likeness (QED) is 0.565. The van der Waals surface area contributed by atoms with E-state index < -0.39 is 0 Å². The maximum absolute atomic E-state index is 14.0. The largest absolute Gasteiger partial charge is 0.497 e. The monoisotopic (exact) mass is 481 g/mol. The van der Waals surface area contributed by atoms with E-state index in [1.807, 2.05) is 53.4 Å². The summed E-state index contributed by atoms with van der Waals surface area (Å²) in [5, 5.41) is 4.03. The Morgan fingerprint density at radius 3 is 2.64 bits per heavy atom. The number of nitrogens with one attached hydrogen (secondary N) is 1. The molecule has 0 bridgehead atoms. The minimum Gasteiger partial charge on any atom is -0.497 e. The van der Waals surface area contributed by atoms with Crippen molar-refractivity contribution < 1.29 is 14.3 Å². The third kappa shape index (κ3) is 4.36. The van der Waals surface area contributed by atoms with Gasteiger partial charge in [0, 0.05) is 24.5 Å². The van der Waals surface area contributed by atoms with Crippen LogP contribution in [0.1, 0.15) is 59.3 Å². The molecule has 0 spiro atoms. The molecule has 1 atom stereocenters. The zero-order chi connectivity index (χ0) is 24.6. The van der Waals surface area contributed by atoms with Gasteiger partial charge in [-0.3, -0.25) is 9.59 Å². The van der Waals surface area contributed by atoms with Crippen LogP contribution in [0.5, 0.6) is 5.75 Å². The fraction of sp³-hybridized carbons (Fsp3) is 0.367. The molecular formula is C30H31N3O3. The van der Waals surface area contributed by atoms with E-state index in [2.05, 4.69) is 11.4 Å². The number of aromatic nitrogens is 1. The molecule has 1 saturated heterocycles. The van der Waals surface area contributed by atoms with Crippen molar-refractivity contribution in [2.24, 2.45) is 5.92 Å². The molecule has 1 aromatic heterocycles. The van der Waals surface area contributed by atoms with E-state index in [1.165, 1.54) is 0 Å². The molecule has 1 saturated carbocycles. The number of para-hydroxylation sites is 1. The number of methoxy groups -OCH3 is 1. The number of piperidine rings is 1. The number of allylic oxidation sites excluding steroid dienone is 1. The zero-order valence-corrected chi connectivity index (χ0v) is 20.6. The van der Waals surface area contributed by atoms with Gasteiger partial charge in [0.2, 0.25) is 5.91 Å². The third-order valence-corrected chi connectivity index (χ3v) is 7.62. The highest BCUT2D eigenvalue weighted by Gasteiger charge is 2.34. The van der Waals surface area contributed by atoms with E-state index in [4.69, 9.17) is 9.72 Å². The summed E-state index contributed by atoms with van der Waals surface area (Å²) in [6, 6.07) is 16.3. The molecule has 6 rings (SSSR count). The number of carbonyl (C=O) groups is 2. The van der Waals surface area contributed by atoms with Crippen LogP contribution in [-0.4, -0.2) is 47.9 Å². The van der Waals surface area contributed by atoms with Crippen LogP contribution in [0.4, 0.5) is 0 Å². The number of carbonyl (C=O) groups excluding carboxylic acids is 2. The van der Waals surface area contributed by atoms with Crippen LogP contribution < -0.4 is 10.1 Å². The highest BCUT2D eigenvalue weighted by Crippen LogP contribution is 2.38. The lowest BCUT2D eigenvalue weighted by molar-refractivity contribution is -0.126. The highest BCUT2D eigenvalue weighted by atomic mass is 16.5. The third-order valence-electron chi connectivity index (χ3n) is 7.62. The average molecular weight is 482 g/mol. The summed E-state index contributed by atoms with van der Waals surface area (Å²) >= 11 is 0. The molecule has 1 N–H and O–H groups in total. The molecule has 0 radical (unpaired) electrons. The predicted molar refractivity (Wildman–Crippen MR) is 141 cm³/mol. The molecule has 36 heavy (non-hydrogen) atoms. The van der Waals surface area contributed by atoms with Crippen LogP contribution in [0.2, 0.25) is 0 Å². The summed E-state index contributed by atoms with van der Waals surface area (Å²) in [7, 11) is 1.67. The van der Waals surface area contributed by atoms with Crippen LogP contribution in [0.25, 0.3) is 22.6 Å². The van der Waals surface area contributed by atoms with Crippen molar-refractivity contribution >= 4 is 34.4 Å². The molecule has 2 fully saturated rings. The van der Waals surface area contributed by atoms with Gasteiger partial charge >= 0.3 is 0 Å². The second-order valence-corrected chi connectivity index (χ2v) is 10.1. The van der Waals surface area contributed by atoms with E-state index in [0.717, 1.165) is 83.1 Å². The van der Waals surface area contributed by atoms with Crippen molar-refractivity contribution in [1.29, 1.82) is 0 Å².